The Labute approximate surface area is 90.3 Å². The van der Waals surface area contributed by atoms with E-state index < -0.39 is 0 Å². The highest BCUT2D eigenvalue weighted by atomic mass is 16.1. The van der Waals surface area contributed by atoms with Gasteiger partial charge in [-0.05, 0) is 26.2 Å². The van der Waals surface area contributed by atoms with Crippen molar-refractivity contribution in [1.82, 2.24) is 0 Å². The summed E-state index contributed by atoms with van der Waals surface area (Å²) in [6.45, 7) is 3.83. The molecule has 0 radical (unpaired) electrons. The van der Waals surface area contributed by atoms with Crippen LogP contribution in [0, 0.1) is 0 Å². The van der Waals surface area contributed by atoms with Crippen LogP contribution in [0.2, 0.25) is 0 Å². The normalized spacial score (nSPS) is 16.5. The van der Waals surface area contributed by atoms with Gasteiger partial charge in [-0.1, -0.05) is 4.68 Å². The van der Waals surface area contributed by atoms with Crippen molar-refractivity contribution >= 4 is 5.78 Å². The third kappa shape index (κ3) is 2.35. The van der Waals surface area contributed by atoms with Gasteiger partial charge in [0.05, 0.1) is 13.1 Å². The molecule has 1 aliphatic heterocycles. The second-order valence-corrected chi connectivity index (χ2v) is 4.04. The number of hydrogen-bond donors (Lipinski definition) is 0. The first-order chi connectivity index (χ1) is 7.27. The topological polar surface area (TPSA) is 24.2 Å². The highest BCUT2D eigenvalue weighted by molar-refractivity contribution is 5.93. The van der Waals surface area contributed by atoms with Crippen molar-refractivity contribution in [2.24, 2.45) is 0 Å². The molecule has 3 nitrogen and oxygen atoms in total. The summed E-state index contributed by atoms with van der Waals surface area (Å²) in [6.07, 6.45) is 7.82. The summed E-state index contributed by atoms with van der Waals surface area (Å²) in [7, 11) is 0. The molecule has 80 valence electrons. The van der Waals surface area contributed by atoms with E-state index >= 15 is 0 Å². The van der Waals surface area contributed by atoms with Gasteiger partial charge in [-0.2, -0.15) is 5.01 Å². The van der Waals surface area contributed by atoms with Crippen molar-refractivity contribution in [3.05, 3.63) is 30.1 Å². The van der Waals surface area contributed by atoms with E-state index in [4.69, 9.17) is 0 Å². The van der Waals surface area contributed by atoms with Gasteiger partial charge in [0.1, 0.15) is 0 Å². The molecular formula is C12H17N2O+. The van der Waals surface area contributed by atoms with Gasteiger partial charge in [0, 0.05) is 17.7 Å². The van der Waals surface area contributed by atoms with E-state index in [-0.39, 0.29) is 5.78 Å². The minimum atomic E-state index is 0.126. The van der Waals surface area contributed by atoms with Gasteiger partial charge >= 0.3 is 0 Å². The lowest BCUT2D eigenvalue weighted by atomic mass is 10.2. The molecule has 0 amide bonds. The number of rotatable bonds is 2. The van der Waals surface area contributed by atoms with Gasteiger partial charge in [-0.25, -0.2) is 0 Å². The molecule has 1 saturated heterocycles. The van der Waals surface area contributed by atoms with Gasteiger partial charge in [-0.15, -0.1) is 0 Å². The molecule has 1 fully saturated rings. The van der Waals surface area contributed by atoms with Crippen molar-refractivity contribution in [3.8, 4) is 0 Å². The van der Waals surface area contributed by atoms with E-state index in [0.29, 0.717) is 0 Å². The maximum Gasteiger partial charge on any atom is 0.200 e. The summed E-state index contributed by atoms with van der Waals surface area (Å²) in [5.41, 5.74) is 0.781. The number of pyridine rings is 1. The molecule has 2 heterocycles. The van der Waals surface area contributed by atoms with Crippen LogP contribution in [0.5, 0.6) is 0 Å². The van der Waals surface area contributed by atoms with Gasteiger partial charge in [0.15, 0.2) is 18.2 Å². The zero-order valence-electron chi connectivity index (χ0n) is 9.15. The average molecular weight is 205 g/mol. The lowest BCUT2D eigenvalue weighted by Crippen LogP contribution is -2.59. The van der Waals surface area contributed by atoms with Crippen LogP contribution in [0.4, 0.5) is 0 Å². The Morgan fingerprint density at radius 1 is 1.20 bits per heavy atom. The number of piperidine rings is 1. The molecule has 15 heavy (non-hydrogen) atoms. The second kappa shape index (κ2) is 4.43. The molecule has 1 aromatic rings. The van der Waals surface area contributed by atoms with Crippen LogP contribution in [0.15, 0.2) is 24.5 Å². The van der Waals surface area contributed by atoms with E-state index in [1.54, 1.807) is 6.92 Å². The Hall–Kier alpha value is -1.38. The van der Waals surface area contributed by atoms with Gasteiger partial charge in [0.2, 0.25) is 0 Å². The summed E-state index contributed by atoms with van der Waals surface area (Å²) in [5, 5.41) is 2.31. The Kier molecular flexibility index (Phi) is 2.99. The zero-order valence-corrected chi connectivity index (χ0v) is 9.15. The maximum atomic E-state index is 11.1. The number of aromatic nitrogens is 1. The van der Waals surface area contributed by atoms with Crippen molar-refractivity contribution in [2.75, 3.05) is 18.1 Å². The number of carbonyl (C=O) groups is 1. The predicted molar refractivity (Wildman–Crippen MR) is 58.4 cm³/mol. The Morgan fingerprint density at radius 3 is 2.33 bits per heavy atom. The molecule has 1 aliphatic rings. The first-order valence-corrected chi connectivity index (χ1v) is 5.55. The second-order valence-electron chi connectivity index (χ2n) is 4.04. The molecule has 0 unspecified atom stereocenters. The van der Waals surface area contributed by atoms with E-state index in [1.165, 1.54) is 19.3 Å². The summed E-state index contributed by atoms with van der Waals surface area (Å²) in [6, 6.07) is 3.77. The van der Waals surface area contributed by atoms with E-state index in [1.807, 2.05) is 24.5 Å². The number of Topliss-reactive ketones (excluding diaryl/α,β-unsaturated/α-hetero) is 1. The Morgan fingerprint density at radius 2 is 1.80 bits per heavy atom. The Bertz CT molecular complexity index is 339. The third-order valence-electron chi connectivity index (χ3n) is 2.88. The molecule has 0 atom stereocenters. The summed E-state index contributed by atoms with van der Waals surface area (Å²) in [5.74, 6) is 0.126. The zero-order chi connectivity index (χ0) is 10.7. The molecule has 0 aromatic carbocycles. The number of ketones is 1. The molecule has 0 aliphatic carbocycles. The van der Waals surface area contributed by atoms with E-state index in [2.05, 4.69) is 9.69 Å². The van der Waals surface area contributed by atoms with Gasteiger partial charge in [-0.3, -0.25) is 4.79 Å². The predicted octanol–water partition coefficient (Wildman–Crippen LogP) is 1.30. The van der Waals surface area contributed by atoms with Crippen LogP contribution in [0.25, 0.3) is 0 Å². The smallest absolute Gasteiger partial charge is 0.200 e. The summed E-state index contributed by atoms with van der Waals surface area (Å²) >= 11 is 0. The fourth-order valence-corrected chi connectivity index (χ4v) is 1.95. The van der Waals surface area contributed by atoms with Crippen LogP contribution in [-0.4, -0.2) is 18.9 Å². The van der Waals surface area contributed by atoms with Crippen molar-refractivity contribution in [2.45, 2.75) is 26.2 Å². The number of hydrogen-bond acceptors (Lipinski definition) is 2. The largest absolute Gasteiger partial charge is 0.295 e. The molecule has 3 heteroatoms. The first kappa shape index (κ1) is 10.1. The lowest BCUT2D eigenvalue weighted by Gasteiger charge is -2.21. The van der Waals surface area contributed by atoms with Crippen molar-refractivity contribution in [3.63, 3.8) is 0 Å². The van der Waals surface area contributed by atoms with Gasteiger partial charge < -0.3 is 0 Å². The molecular weight excluding hydrogens is 188 g/mol. The van der Waals surface area contributed by atoms with Crippen LogP contribution < -0.4 is 9.69 Å². The van der Waals surface area contributed by atoms with Crippen LogP contribution in [-0.2, 0) is 0 Å². The monoisotopic (exact) mass is 205 g/mol. The van der Waals surface area contributed by atoms with Gasteiger partial charge in [0.25, 0.3) is 0 Å². The summed E-state index contributed by atoms with van der Waals surface area (Å²) in [4.78, 5) is 11.1. The summed E-state index contributed by atoms with van der Waals surface area (Å²) < 4.78 is 2.09. The minimum Gasteiger partial charge on any atom is -0.295 e. The standard InChI is InChI=1S/C12H17N2O/c1-11(15)12-5-9-14(10-6-12)13-7-3-2-4-8-13/h5-6,9-10H,2-4,7-8H2,1H3/q+1. The van der Waals surface area contributed by atoms with Crippen LogP contribution in [0.3, 0.4) is 0 Å². The van der Waals surface area contributed by atoms with Crippen molar-refractivity contribution < 1.29 is 9.47 Å². The average Bonchev–Trinajstić information content (AvgIpc) is 2.30. The highest BCUT2D eigenvalue weighted by Gasteiger charge is 2.16. The molecule has 0 saturated carbocycles. The Balaban J connectivity index is 2.11. The lowest BCUT2D eigenvalue weighted by molar-refractivity contribution is -0.694. The molecule has 1 aromatic heterocycles. The highest BCUT2D eigenvalue weighted by Crippen LogP contribution is 2.04. The molecule has 2 rings (SSSR count). The molecule has 0 bridgehead atoms. The van der Waals surface area contributed by atoms with E-state index in [0.717, 1.165) is 18.7 Å². The molecule has 0 N–H and O–H groups in total. The van der Waals surface area contributed by atoms with Crippen molar-refractivity contribution in [1.29, 1.82) is 0 Å². The maximum absolute atomic E-state index is 11.1. The quantitative estimate of drug-likeness (QED) is 0.537. The minimum absolute atomic E-state index is 0.126. The van der Waals surface area contributed by atoms with Crippen LogP contribution in [0.1, 0.15) is 36.5 Å². The third-order valence-corrected chi connectivity index (χ3v) is 2.88. The fraction of sp³-hybridized carbons (Fsp3) is 0.500. The fourth-order valence-electron chi connectivity index (χ4n) is 1.95. The SMILES string of the molecule is CC(=O)c1cc[n+](N2CCCCC2)cc1. The molecule has 0 spiro atoms. The van der Waals surface area contributed by atoms with E-state index in [9.17, 15) is 4.79 Å². The van der Waals surface area contributed by atoms with Crippen LogP contribution >= 0.6 is 0 Å². The first-order valence-electron chi connectivity index (χ1n) is 5.55. The number of nitrogens with zero attached hydrogens (tertiary/aromatic N) is 2. The number of carbonyl (C=O) groups excluding carboxylic acids is 1.